The second kappa shape index (κ2) is 6.46. The number of benzene rings is 1. The van der Waals surface area contributed by atoms with E-state index >= 15 is 0 Å². The lowest BCUT2D eigenvalue weighted by atomic mass is 10.3. The van der Waals surface area contributed by atoms with Crippen molar-refractivity contribution in [2.75, 3.05) is 11.9 Å². The molecule has 0 saturated carbocycles. The Morgan fingerprint density at radius 2 is 1.95 bits per heavy atom. The van der Waals surface area contributed by atoms with Crippen molar-refractivity contribution in [1.82, 2.24) is 9.55 Å². The van der Waals surface area contributed by atoms with E-state index in [-0.39, 0.29) is 10.0 Å². The number of aromatic nitrogens is 2. The zero-order valence-electron chi connectivity index (χ0n) is 11.4. The van der Waals surface area contributed by atoms with Crippen molar-refractivity contribution in [3.63, 3.8) is 0 Å². The number of unbranched alkanes of at least 4 members (excludes halogenated alkanes) is 1. The number of halogens is 3. The number of nitrogens with one attached hydrogen (secondary N) is 1. The van der Waals surface area contributed by atoms with E-state index in [1.165, 1.54) is 12.1 Å². The van der Waals surface area contributed by atoms with Crippen LogP contribution in [0.25, 0.3) is 5.69 Å². The maximum atomic E-state index is 13.5. The fourth-order valence-electron chi connectivity index (χ4n) is 1.88. The van der Waals surface area contributed by atoms with Gasteiger partial charge in [-0.2, -0.15) is 0 Å². The second-order valence-electron chi connectivity index (χ2n) is 4.58. The normalized spacial score (nSPS) is 10.8. The molecule has 2 aromatic rings. The van der Waals surface area contributed by atoms with E-state index in [2.05, 4.69) is 17.2 Å². The Balaban J connectivity index is 2.37. The predicted octanol–water partition coefficient (Wildman–Crippen LogP) is 4.84. The first kappa shape index (κ1) is 15.1. The van der Waals surface area contributed by atoms with Crippen molar-refractivity contribution in [3.8, 4) is 5.69 Å². The zero-order valence-corrected chi connectivity index (χ0v) is 12.9. The van der Waals surface area contributed by atoms with Crippen LogP contribution in [0, 0.1) is 12.7 Å². The summed E-state index contributed by atoms with van der Waals surface area (Å²) >= 11 is 11.7. The molecule has 0 unspecified atom stereocenters. The molecule has 0 aliphatic carbocycles. The van der Waals surface area contributed by atoms with Crippen LogP contribution in [-0.4, -0.2) is 16.1 Å². The maximum absolute atomic E-state index is 13.5. The van der Waals surface area contributed by atoms with Gasteiger partial charge in [-0.05, 0) is 25.5 Å². The molecule has 0 saturated heterocycles. The van der Waals surface area contributed by atoms with Gasteiger partial charge in [0.15, 0.2) is 5.82 Å². The van der Waals surface area contributed by atoms with Gasteiger partial charge in [0, 0.05) is 12.7 Å². The molecule has 0 aliphatic rings. The summed E-state index contributed by atoms with van der Waals surface area (Å²) in [7, 11) is 0. The summed E-state index contributed by atoms with van der Waals surface area (Å²) in [6.07, 6.45) is 4.01. The Morgan fingerprint density at radius 3 is 2.55 bits per heavy atom. The lowest BCUT2D eigenvalue weighted by molar-refractivity contribution is 0.628. The molecule has 20 heavy (non-hydrogen) atoms. The summed E-state index contributed by atoms with van der Waals surface area (Å²) in [5.74, 6) is 0.101. The summed E-state index contributed by atoms with van der Waals surface area (Å²) in [4.78, 5) is 4.41. The van der Waals surface area contributed by atoms with Gasteiger partial charge in [0.25, 0.3) is 0 Å². The number of hydrogen-bond acceptors (Lipinski definition) is 2. The molecular weight excluding hydrogens is 300 g/mol. The highest BCUT2D eigenvalue weighted by Gasteiger charge is 2.12. The van der Waals surface area contributed by atoms with Gasteiger partial charge in [0.05, 0.1) is 21.4 Å². The van der Waals surface area contributed by atoms with Crippen molar-refractivity contribution < 1.29 is 4.39 Å². The highest BCUT2D eigenvalue weighted by Crippen LogP contribution is 2.28. The van der Waals surface area contributed by atoms with Crippen molar-refractivity contribution in [2.45, 2.75) is 26.7 Å². The zero-order chi connectivity index (χ0) is 14.7. The van der Waals surface area contributed by atoms with Gasteiger partial charge >= 0.3 is 0 Å². The van der Waals surface area contributed by atoms with Crippen LogP contribution in [0.2, 0.25) is 10.0 Å². The highest BCUT2D eigenvalue weighted by molar-refractivity contribution is 6.35. The fraction of sp³-hybridized carbons (Fsp3) is 0.357. The van der Waals surface area contributed by atoms with Gasteiger partial charge in [-0.25, -0.2) is 9.37 Å². The summed E-state index contributed by atoms with van der Waals surface area (Å²) < 4.78 is 15.3. The van der Waals surface area contributed by atoms with Crippen molar-refractivity contribution in [1.29, 1.82) is 0 Å². The summed E-state index contributed by atoms with van der Waals surface area (Å²) in [5.41, 5.74) is 1.54. The predicted molar refractivity (Wildman–Crippen MR) is 81.7 cm³/mol. The maximum Gasteiger partial charge on any atom is 0.207 e. The molecule has 0 amide bonds. The van der Waals surface area contributed by atoms with Crippen LogP contribution in [0.5, 0.6) is 0 Å². The van der Waals surface area contributed by atoms with E-state index in [1.807, 2.05) is 17.7 Å². The lowest BCUT2D eigenvalue weighted by Crippen LogP contribution is -2.07. The van der Waals surface area contributed by atoms with Gasteiger partial charge in [-0.3, -0.25) is 4.57 Å². The molecule has 0 bridgehead atoms. The molecule has 0 fully saturated rings. The second-order valence-corrected chi connectivity index (χ2v) is 5.39. The summed E-state index contributed by atoms with van der Waals surface area (Å²) in [5, 5.41) is 3.26. The topological polar surface area (TPSA) is 29.9 Å². The van der Waals surface area contributed by atoms with E-state index in [9.17, 15) is 4.39 Å². The molecule has 1 aromatic carbocycles. The average molecular weight is 316 g/mol. The van der Waals surface area contributed by atoms with Crippen molar-refractivity contribution >= 4 is 29.2 Å². The Kier molecular flexibility index (Phi) is 4.89. The van der Waals surface area contributed by atoms with Crippen LogP contribution in [-0.2, 0) is 0 Å². The number of rotatable bonds is 5. The van der Waals surface area contributed by atoms with E-state index in [1.54, 1.807) is 0 Å². The molecule has 0 atom stereocenters. The first-order chi connectivity index (χ1) is 9.52. The van der Waals surface area contributed by atoms with Crippen LogP contribution in [0.15, 0.2) is 18.3 Å². The van der Waals surface area contributed by atoms with Gasteiger partial charge in [-0.1, -0.05) is 36.5 Å². The average Bonchev–Trinajstić information content (AvgIpc) is 2.77. The van der Waals surface area contributed by atoms with Crippen LogP contribution in [0.4, 0.5) is 10.3 Å². The molecule has 0 aliphatic heterocycles. The van der Waals surface area contributed by atoms with Gasteiger partial charge in [-0.15, -0.1) is 0 Å². The van der Waals surface area contributed by atoms with E-state index in [0.717, 1.165) is 25.1 Å². The summed E-state index contributed by atoms with van der Waals surface area (Å²) in [6, 6.07) is 3.07. The third kappa shape index (κ3) is 3.25. The van der Waals surface area contributed by atoms with E-state index in [0.29, 0.717) is 11.6 Å². The Morgan fingerprint density at radius 1 is 1.30 bits per heavy atom. The van der Waals surface area contributed by atoms with Crippen molar-refractivity contribution in [2.24, 2.45) is 0 Å². The van der Waals surface area contributed by atoms with Gasteiger partial charge in [0.1, 0.15) is 0 Å². The van der Waals surface area contributed by atoms with Gasteiger partial charge in [0.2, 0.25) is 5.95 Å². The number of imidazole rings is 1. The minimum absolute atomic E-state index is 0.00152. The Bertz CT molecular complexity index is 587. The number of nitrogens with zero attached hydrogens (tertiary/aromatic N) is 2. The van der Waals surface area contributed by atoms with Gasteiger partial charge < -0.3 is 5.32 Å². The number of hydrogen-bond donors (Lipinski definition) is 1. The van der Waals surface area contributed by atoms with Crippen LogP contribution in [0.1, 0.15) is 25.5 Å². The molecule has 6 heteroatoms. The standard InChI is InChI=1S/C14H16Cl2FN3/c1-3-4-5-18-14-19-9(2)8-20(14)10-6-11(15)13(17)12(16)7-10/h6-8H,3-5H2,1-2H3,(H,18,19). The number of aryl methyl sites for hydroxylation is 1. The third-order valence-electron chi connectivity index (χ3n) is 2.89. The smallest absolute Gasteiger partial charge is 0.207 e. The molecule has 108 valence electrons. The SMILES string of the molecule is CCCCNc1nc(C)cn1-c1cc(Cl)c(F)c(Cl)c1. The first-order valence-corrected chi connectivity index (χ1v) is 7.23. The minimum Gasteiger partial charge on any atom is -0.355 e. The monoisotopic (exact) mass is 315 g/mol. The quantitative estimate of drug-likeness (QED) is 0.632. The summed E-state index contributed by atoms with van der Waals surface area (Å²) in [6.45, 7) is 4.85. The minimum atomic E-state index is -0.602. The fourth-order valence-corrected chi connectivity index (χ4v) is 2.35. The molecule has 1 heterocycles. The molecular formula is C14H16Cl2FN3. The van der Waals surface area contributed by atoms with Crippen LogP contribution >= 0.6 is 23.2 Å². The Labute approximate surface area is 127 Å². The molecule has 0 radical (unpaired) electrons. The largest absolute Gasteiger partial charge is 0.355 e. The van der Waals surface area contributed by atoms with E-state index in [4.69, 9.17) is 23.2 Å². The van der Waals surface area contributed by atoms with E-state index < -0.39 is 5.82 Å². The first-order valence-electron chi connectivity index (χ1n) is 6.47. The van der Waals surface area contributed by atoms with Crippen LogP contribution < -0.4 is 5.32 Å². The third-order valence-corrected chi connectivity index (χ3v) is 3.44. The molecule has 1 N–H and O–H groups in total. The highest BCUT2D eigenvalue weighted by atomic mass is 35.5. The Hall–Kier alpha value is -1.26. The molecule has 2 rings (SSSR count). The van der Waals surface area contributed by atoms with Crippen molar-refractivity contribution in [3.05, 3.63) is 39.9 Å². The molecule has 1 aromatic heterocycles. The number of anilines is 1. The lowest BCUT2D eigenvalue weighted by Gasteiger charge is -2.10. The van der Waals surface area contributed by atoms with Crippen LogP contribution in [0.3, 0.4) is 0 Å². The molecule has 0 spiro atoms. The molecule has 3 nitrogen and oxygen atoms in total.